The van der Waals surface area contributed by atoms with Gasteiger partial charge in [0.05, 0.1) is 12.7 Å². The smallest absolute Gasteiger partial charge is 0.338 e. The van der Waals surface area contributed by atoms with Crippen LogP contribution >= 0.6 is 0 Å². The SMILES string of the molecule is COC(=O)c1c(C)cccc1Cc1ccc(C)cc1. The summed E-state index contributed by atoms with van der Waals surface area (Å²) in [6, 6.07) is 14.3. The summed E-state index contributed by atoms with van der Waals surface area (Å²) >= 11 is 0. The Morgan fingerprint density at radius 2 is 1.74 bits per heavy atom. The standard InChI is InChI=1S/C17H18O2/c1-12-7-9-14(10-8-12)11-15-6-4-5-13(2)16(15)17(18)19-3/h4-10H,11H2,1-3H3. The molecule has 98 valence electrons. The van der Waals surface area contributed by atoms with E-state index in [2.05, 4.69) is 31.2 Å². The highest BCUT2D eigenvalue weighted by Gasteiger charge is 2.14. The van der Waals surface area contributed by atoms with E-state index in [1.54, 1.807) is 0 Å². The summed E-state index contributed by atoms with van der Waals surface area (Å²) in [5, 5.41) is 0. The van der Waals surface area contributed by atoms with Crippen LogP contribution in [0.4, 0.5) is 0 Å². The van der Waals surface area contributed by atoms with E-state index in [0.717, 1.165) is 17.5 Å². The summed E-state index contributed by atoms with van der Waals surface area (Å²) < 4.78 is 4.88. The third-order valence-corrected chi connectivity index (χ3v) is 3.26. The lowest BCUT2D eigenvalue weighted by Crippen LogP contribution is -2.08. The third-order valence-electron chi connectivity index (χ3n) is 3.26. The normalized spacial score (nSPS) is 10.3. The second-order valence-electron chi connectivity index (χ2n) is 4.76. The van der Waals surface area contributed by atoms with Crippen molar-refractivity contribution in [2.24, 2.45) is 0 Å². The van der Waals surface area contributed by atoms with E-state index in [1.807, 2.05) is 25.1 Å². The third kappa shape index (κ3) is 3.02. The van der Waals surface area contributed by atoms with Gasteiger partial charge in [-0.05, 0) is 37.0 Å². The van der Waals surface area contributed by atoms with Gasteiger partial charge in [0.1, 0.15) is 0 Å². The van der Waals surface area contributed by atoms with E-state index in [4.69, 9.17) is 4.74 Å². The van der Waals surface area contributed by atoms with Crippen molar-refractivity contribution in [2.75, 3.05) is 7.11 Å². The molecule has 0 N–H and O–H groups in total. The van der Waals surface area contributed by atoms with Gasteiger partial charge >= 0.3 is 5.97 Å². The van der Waals surface area contributed by atoms with Crippen molar-refractivity contribution < 1.29 is 9.53 Å². The van der Waals surface area contributed by atoms with E-state index >= 15 is 0 Å². The molecule has 2 rings (SSSR count). The number of hydrogen-bond acceptors (Lipinski definition) is 2. The van der Waals surface area contributed by atoms with Gasteiger partial charge in [0.2, 0.25) is 0 Å². The van der Waals surface area contributed by atoms with Crippen LogP contribution in [0.1, 0.15) is 32.6 Å². The van der Waals surface area contributed by atoms with Gasteiger partial charge in [0, 0.05) is 0 Å². The van der Waals surface area contributed by atoms with Crippen LogP contribution in [0.25, 0.3) is 0 Å². The zero-order valence-electron chi connectivity index (χ0n) is 11.6. The zero-order chi connectivity index (χ0) is 13.8. The Morgan fingerprint density at radius 3 is 2.37 bits per heavy atom. The molecule has 0 amide bonds. The monoisotopic (exact) mass is 254 g/mol. The number of carbonyl (C=O) groups excluding carboxylic acids is 1. The lowest BCUT2D eigenvalue weighted by Gasteiger charge is -2.11. The second kappa shape index (κ2) is 5.70. The average Bonchev–Trinajstić information content (AvgIpc) is 2.41. The van der Waals surface area contributed by atoms with Crippen LogP contribution in [-0.4, -0.2) is 13.1 Å². The molecule has 2 nitrogen and oxygen atoms in total. The largest absolute Gasteiger partial charge is 0.465 e. The zero-order valence-corrected chi connectivity index (χ0v) is 11.6. The van der Waals surface area contributed by atoms with Crippen molar-refractivity contribution in [3.05, 3.63) is 70.3 Å². The van der Waals surface area contributed by atoms with Crippen LogP contribution in [0.3, 0.4) is 0 Å². The molecule has 0 unspecified atom stereocenters. The van der Waals surface area contributed by atoms with Gasteiger partial charge in [-0.15, -0.1) is 0 Å². The highest BCUT2D eigenvalue weighted by Crippen LogP contribution is 2.19. The fourth-order valence-corrected chi connectivity index (χ4v) is 2.20. The Kier molecular flexibility index (Phi) is 4.00. The topological polar surface area (TPSA) is 26.3 Å². The minimum atomic E-state index is -0.264. The van der Waals surface area contributed by atoms with Crippen LogP contribution in [0, 0.1) is 13.8 Å². The molecule has 0 aliphatic heterocycles. The summed E-state index contributed by atoms with van der Waals surface area (Å²) in [7, 11) is 1.42. The molecule has 0 fully saturated rings. The molecule has 0 bridgehead atoms. The number of carbonyl (C=O) groups is 1. The molecule has 0 aliphatic carbocycles. The minimum absolute atomic E-state index is 0.264. The van der Waals surface area contributed by atoms with E-state index in [1.165, 1.54) is 18.2 Å². The summed E-state index contributed by atoms with van der Waals surface area (Å²) in [4.78, 5) is 11.9. The van der Waals surface area contributed by atoms with Gasteiger partial charge in [-0.25, -0.2) is 4.79 Å². The first-order valence-corrected chi connectivity index (χ1v) is 6.34. The number of ether oxygens (including phenoxy) is 1. The van der Waals surface area contributed by atoms with Crippen molar-refractivity contribution in [1.29, 1.82) is 0 Å². The van der Waals surface area contributed by atoms with E-state index in [9.17, 15) is 4.79 Å². The van der Waals surface area contributed by atoms with Crippen LogP contribution in [0.5, 0.6) is 0 Å². The molecule has 0 aliphatic rings. The van der Waals surface area contributed by atoms with E-state index in [0.29, 0.717) is 5.56 Å². The maximum atomic E-state index is 11.9. The molecule has 0 atom stereocenters. The minimum Gasteiger partial charge on any atom is -0.465 e. The van der Waals surface area contributed by atoms with Gasteiger partial charge in [-0.3, -0.25) is 0 Å². The van der Waals surface area contributed by atoms with Crippen molar-refractivity contribution in [3.8, 4) is 0 Å². The molecular formula is C17H18O2. The Hall–Kier alpha value is -2.09. The Morgan fingerprint density at radius 1 is 1.05 bits per heavy atom. The molecule has 0 saturated carbocycles. The van der Waals surface area contributed by atoms with Gasteiger partial charge < -0.3 is 4.74 Å². The number of hydrogen-bond donors (Lipinski definition) is 0. The number of rotatable bonds is 3. The molecule has 19 heavy (non-hydrogen) atoms. The highest BCUT2D eigenvalue weighted by atomic mass is 16.5. The van der Waals surface area contributed by atoms with Gasteiger partial charge in [-0.2, -0.15) is 0 Å². The van der Waals surface area contributed by atoms with Crippen molar-refractivity contribution in [1.82, 2.24) is 0 Å². The molecule has 0 heterocycles. The lowest BCUT2D eigenvalue weighted by molar-refractivity contribution is 0.0599. The first kappa shape index (κ1) is 13.3. The van der Waals surface area contributed by atoms with Crippen molar-refractivity contribution >= 4 is 5.97 Å². The second-order valence-corrected chi connectivity index (χ2v) is 4.76. The number of aryl methyl sites for hydroxylation is 2. The fraction of sp³-hybridized carbons (Fsp3) is 0.235. The molecule has 2 aromatic rings. The first-order valence-electron chi connectivity index (χ1n) is 6.34. The summed E-state index contributed by atoms with van der Waals surface area (Å²) in [5.41, 5.74) is 5.08. The molecule has 2 heteroatoms. The van der Waals surface area contributed by atoms with Gasteiger partial charge in [0.15, 0.2) is 0 Å². The number of esters is 1. The predicted octanol–water partition coefficient (Wildman–Crippen LogP) is 3.68. The lowest BCUT2D eigenvalue weighted by atomic mass is 9.96. The van der Waals surface area contributed by atoms with Crippen LogP contribution in [-0.2, 0) is 11.2 Å². The quantitative estimate of drug-likeness (QED) is 0.781. The van der Waals surface area contributed by atoms with Gasteiger partial charge in [-0.1, -0.05) is 48.0 Å². The molecule has 2 aromatic carbocycles. The molecule has 0 saturated heterocycles. The maximum absolute atomic E-state index is 11.9. The van der Waals surface area contributed by atoms with Crippen LogP contribution < -0.4 is 0 Å². The number of methoxy groups -OCH3 is 1. The predicted molar refractivity (Wildman–Crippen MR) is 76.5 cm³/mol. The highest BCUT2D eigenvalue weighted by molar-refractivity contribution is 5.92. The van der Waals surface area contributed by atoms with Crippen molar-refractivity contribution in [3.63, 3.8) is 0 Å². The Bertz CT molecular complexity index is 583. The average molecular weight is 254 g/mol. The van der Waals surface area contributed by atoms with Gasteiger partial charge in [0.25, 0.3) is 0 Å². The summed E-state index contributed by atoms with van der Waals surface area (Å²) in [5.74, 6) is -0.264. The van der Waals surface area contributed by atoms with Crippen molar-refractivity contribution in [2.45, 2.75) is 20.3 Å². The summed E-state index contributed by atoms with van der Waals surface area (Å²) in [6.07, 6.45) is 0.742. The van der Waals surface area contributed by atoms with Crippen LogP contribution in [0.2, 0.25) is 0 Å². The maximum Gasteiger partial charge on any atom is 0.338 e. The first-order chi connectivity index (χ1) is 9.11. The number of benzene rings is 2. The Balaban J connectivity index is 2.37. The molecule has 0 aromatic heterocycles. The Labute approximate surface area is 114 Å². The van der Waals surface area contributed by atoms with E-state index < -0.39 is 0 Å². The van der Waals surface area contributed by atoms with E-state index in [-0.39, 0.29) is 5.97 Å². The molecule has 0 spiro atoms. The molecular weight excluding hydrogens is 236 g/mol. The molecule has 0 radical (unpaired) electrons. The fourth-order valence-electron chi connectivity index (χ4n) is 2.20. The van der Waals surface area contributed by atoms with Crippen LogP contribution in [0.15, 0.2) is 42.5 Å². The summed E-state index contributed by atoms with van der Waals surface area (Å²) in [6.45, 7) is 4.00.